The Balaban J connectivity index is 0.00000259. The van der Waals surface area contributed by atoms with E-state index in [-0.39, 0.29) is 36.7 Å². The highest BCUT2D eigenvalue weighted by molar-refractivity contribution is 6.02. The van der Waals surface area contributed by atoms with Crippen molar-refractivity contribution in [2.75, 3.05) is 26.3 Å². The number of halogens is 2. The lowest BCUT2D eigenvalue weighted by molar-refractivity contribution is -0.125. The molecule has 0 unspecified atom stereocenters. The molecule has 2 aromatic carbocycles. The lowest BCUT2D eigenvalue weighted by atomic mass is 9.98. The smallest absolute Gasteiger partial charge is 0.327 e. The van der Waals surface area contributed by atoms with Crippen molar-refractivity contribution >= 4 is 24.3 Å². The van der Waals surface area contributed by atoms with E-state index < -0.39 is 0 Å². The number of nitrogens with one attached hydrogen (secondary N) is 1. The minimum Gasteiger partial charge on any atom is -0.380 e. The molecular weight excluding hydrogens is 445 g/mol. The van der Waals surface area contributed by atoms with Gasteiger partial charge in [-0.25, -0.2) is 9.18 Å². The van der Waals surface area contributed by atoms with Gasteiger partial charge in [0, 0.05) is 32.3 Å². The zero-order valence-corrected chi connectivity index (χ0v) is 19.3. The zero-order valence-electron chi connectivity index (χ0n) is 18.5. The van der Waals surface area contributed by atoms with Gasteiger partial charge in [-0.1, -0.05) is 24.3 Å². The van der Waals surface area contributed by atoms with Crippen molar-refractivity contribution in [1.82, 2.24) is 15.1 Å². The second-order valence-electron chi connectivity index (χ2n) is 9.02. The Hall–Kier alpha value is -2.48. The van der Waals surface area contributed by atoms with Crippen LogP contribution in [0.2, 0.25) is 0 Å². The van der Waals surface area contributed by atoms with Gasteiger partial charge >= 0.3 is 6.03 Å². The van der Waals surface area contributed by atoms with Crippen LogP contribution in [-0.2, 0) is 22.6 Å². The van der Waals surface area contributed by atoms with Gasteiger partial charge in [-0.3, -0.25) is 9.69 Å². The van der Waals surface area contributed by atoms with Gasteiger partial charge in [0.1, 0.15) is 12.4 Å². The average molecular weight is 474 g/mol. The summed E-state index contributed by atoms with van der Waals surface area (Å²) in [6.45, 7) is 3.18. The average Bonchev–Trinajstić information content (AvgIpc) is 3.39. The van der Waals surface area contributed by atoms with Crippen molar-refractivity contribution in [1.29, 1.82) is 0 Å². The van der Waals surface area contributed by atoms with Gasteiger partial charge in [-0.15, -0.1) is 12.4 Å². The molecule has 1 aliphatic carbocycles. The number of imide groups is 1. The highest BCUT2D eigenvalue weighted by Crippen LogP contribution is 2.31. The number of rotatable bonds is 8. The molecule has 0 aromatic heterocycles. The number of benzene rings is 2. The molecule has 1 N–H and O–H groups in total. The Bertz CT molecular complexity index is 1010. The predicted octanol–water partition coefficient (Wildman–Crippen LogP) is 3.97. The zero-order chi connectivity index (χ0) is 22.1. The number of urea groups is 1. The van der Waals surface area contributed by atoms with Gasteiger partial charge in [0.2, 0.25) is 5.91 Å². The Morgan fingerprint density at radius 3 is 2.45 bits per heavy atom. The molecule has 0 radical (unpaired) electrons. The molecule has 0 bridgehead atoms. The van der Waals surface area contributed by atoms with Crippen LogP contribution < -0.4 is 5.32 Å². The van der Waals surface area contributed by atoms with Crippen LogP contribution in [0.4, 0.5) is 9.18 Å². The van der Waals surface area contributed by atoms with E-state index in [9.17, 15) is 14.0 Å². The van der Waals surface area contributed by atoms with Gasteiger partial charge in [-0.05, 0) is 65.6 Å². The Morgan fingerprint density at radius 1 is 1.00 bits per heavy atom. The van der Waals surface area contributed by atoms with E-state index in [2.05, 4.69) is 11.4 Å². The number of hydrogen-bond donors (Lipinski definition) is 1. The van der Waals surface area contributed by atoms with Crippen LogP contribution in [0.1, 0.15) is 30.4 Å². The third-order valence-corrected chi connectivity index (χ3v) is 6.52. The molecule has 3 fully saturated rings. The summed E-state index contributed by atoms with van der Waals surface area (Å²) in [5.74, 6) is 0.111. The molecule has 176 valence electrons. The molecule has 3 aliphatic rings. The molecule has 2 aromatic rings. The summed E-state index contributed by atoms with van der Waals surface area (Å²) in [5.41, 5.74) is 4.01. The maximum absolute atomic E-state index is 13.4. The number of carbonyl (C=O) groups is 2. The van der Waals surface area contributed by atoms with Crippen LogP contribution in [0.25, 0.3) is 11.1 Å². The van der Waals surface area contributed by atoms with E-state index in [1.54, 1.807) is 17.0 Å². The molecule has 1 atom stereocenters. The first-order chi connectivity index (χ1) is 15.6. The van der Waals surface area contributed by atoms with Crippen LogP contribution in [0, 0.1) is 11.7 Å². The predicted molar refractivity (Wildman–Crippen MR) is 125 cm³/mol. The highest BCUT2D eigenvalue weighted by Gasteiger charge is 2.39. The first-order valence-corrected chi connectivity index (χ1v) is 11.3. The summed E-state index contributed by atoms with van der Waals surface area (Å²) >= 11 is 0. The van der Waals surface area contributed by atoms with Crippen LogP contribution in [0.3, 0.4) is 0 Å². The summed E-state index contributed by atoms with van der Waals surface area (Å²) in [6.07, 6.45) is 3.17. The molecule has 6 nitrogen and oxygen atoms in total. The number of amides is 3. The standard InChI is InChI=1S/C25H28FN3O3.ClH/c26-22-7-5-18(6-8-22)19-3-4-20(21(11-19)12-27-23-9-10-32-16-23)14-28-15-24(30)29(25(28)31)13-17-1-2-17;/h3-8,11,17,23,27H,1-2,9-10,12-16H2;1H/t23-;/m0./s1. The summed E-state index contributed by atoms with van der Waals surface area (Å²) in [6, 6.07) is 12.7. The monoisotopic (exact) mass is 473 g/mol. The fourth-order valence-electron chi connectivity index (χ4n) is 4.38. The summed E-state index contributed by atoms with van der Waals surface area (Å²) in [4.78, 5) is 28.3. The topological polar surface area (TPSA) is 61.9 Å². The van der Waals surface area contributed by atoms with E-state index in [0.29, 0.717) is 38.2 Å². The molecule has 2 aliphatic heterocycles. The minimum atomic E-state index is -0.263. The Morgan fingerprint density at radius 2 is 1.76 bits per heavy atom. The first kappa shape index (κ1) is 23.7. The fourth-order valence-corrected chi connectivity index (χ4v) is 4.38. The van der Waals surface area contributed by atoms with Crippen molar-refractivity contribution in [3.05, 3.63) is 59.4 Å². The van der Waals surface area contributed by atoms with Crippen molar-refractivity contribution in [2.45, 2.75) is 38.4 Å². The second kappa shape index (κ2) is 10.2. The third kappa shape index (κ3) is 5.54. The normalized spacial score (nSPS) is 20.5. The highest BCUT2D eigenvalue weighted by atomic mass is 35.5. The van der Waals surface area contributed by atoms with E-state index in [1.165, 1.54) is 17.0 Å². The summed E-state index contributed by atoms with van der Waals surface area (Å²) in [7, 11) is 0. The maximum Gasteiger partial charge on any atom is 0.327 e. The molecule has 33 heavy (non-hydrogen) atoms. The fraction of sp³-hybridized carbons (Fsp3) is 0.440. The van der Waals surface area contributed by atoms with Gasteiger partial charge in [-0.2, -0.15) is 0 Å². The van der Waals surface area contributed by atoms with E-state index in [4.69, 9.17) is 4.74 Å². The van der Waals surface area contributed by atoms with Crippen LogP contribution >= 0.6 is 12.4 Å². The number of ether oxygens (including phenoxy) is 1. The Labute approximate surface area is 199 Å². The lowest BCUT2D eigenvalue weighted by Crippen LogP contribution is -2.34. The van der Waals surface area contributed by atoms with Gasteiger partial charge in [0.25, 0.3) is 0 Å². The van der Waals surface area contributed by atoms with Crippen molar-refractivity contribution in [3.8, 4) is 11.1 Å². The molecular formula is C25H29ClFN3O3. The Kier molecular flexibility index (Phi) is 7.32. The van der Waals surface area contributed by atoms with Crippen molar-refractivity contribution in [2.24, 2.45) is 5.92 Å². The van der Waals surface area contributed by atoms with Crippen molar-refractivity contribution in [3.63, 3.8) is 0 Å². The largest absolute Gasteiger partial charge is 0.380 e. The van der Waals surface area contributed by atoms with Gasteiger partial charge in [0.15, 0.2) is 0 Å². The van der Waals surface area contributed by atoms with Crippen molar-refractivity contribution < 1.29 is 18.7 Å². The third-order valence-electron chi connectivity index (χ3n) is 6.52. The van der Waals surface area contributed by atoms with E-state index in [1.807, 2.05) is 12.1 Å². The molecule has 8 heteroatoms. The quantitative estimate of drug-likeness (QED) is 0.589. The van der Waals surface area contributed by atoms with Gasteiger partial charge in [0.05, 0.1) is 6.61 Å². The first-order valence-electron chi connectivity index (χ1n) is 11.3. The maximum atomic E-state index is 13.4. The molecule has 2 saturated heterocycles. The second-order valence-corrected chi connectivity index (χ2v) is 9.02. The SMILES string of the molecule is Cl.O=C1CN(Cc2ccc(-c3ccc(F)cc3)cc2CN[C@H]2CCOC2)C(=O)N1CC1CC1. The van der Waals surface area contributed by atoms with Crippen LogP contribution in [0.5, 0.6) is 0 Å². The van der Waals surface area contributed by atoms with Gasteiger partial charge < -0.3 is 15.0 Å². The minimum absolute atomic E-state index is 0. The molecule has 2 heterocycles. The molecule has 1 saturated carbocycles. The van der Waals surface area contributed by atoms with E-state index in [0.717, 1.165) is 48.1 Å². The summed E-state index contributed by atoms with van der Waals surface area (Å²) < 4.78 is 18.8. The molecule has 3 amide bonds. The van der Waals surface area contributed by atoms with E-state index >= 15 is 0 Å². The summed E-state index contributed by atoms with van der Waals surface area (Å²) in [5, 5.41) is 3.55. The number of hydrogen-bond acceptors (Lipinski definition) is 4. The number of carbonyl (C=O) groups excluding carboxylic acids is 2. The number of nitrogens with zero attached hydrogens (tertiary/aromatic N) is 2. The van der Waals surface area contributed by atoms with Crippen LogP contribution in [-0.4, -0.2) is 54.1 Å². The lowest BCUT2D eigenvalue weighted by Gasteiger charge is -2.20. The van der Waals surface area contributed by atoms with Crippen LogP contribution in [0.15, 0.2) is 42.5 Å². The molecule has 0 spiro atoms. The molecule has 5 rings (SSSR count).